The van der Waals surface area contributed by atoms with Crippen LogP contribution in [0.3, 0.4) is 0 Å². The molecule has 2 fully saturated rings. The Hall–Kier alpha value is -0.0800. The van der Waals surface area contributed by atoms with Crippen molar-refractivity contribution < 1.29 is 0 Å². The maximum Gasteiger partial charge on any atom is 0.0197 e. The van der Waals surface area contributed by atoms with Crippen LogP contribution in [0.15, 0.2) is 0 Å². The van der Waals surface area contributed by atoms with Crippen molar-refractivity contribution in [3.63, 3.8) is 0 Å². The number of hydrogen-bond donors (Lipinski definition) is 1. The fourth-order valence-corrected chi connectivity index (χ4v) is 3.37. The van der Waals surface area contributed by atoms with Crippen molar-refractivity contribution in [1.29, 1.82) is 0 Å². The van der Waals surface area contributed by atoms with Crippen molar-refractivity contribution in [2.45, 2.75) is 64.5 Å². The van der Waals surface area contributed by atoms with Gasteiger partial charge in [0.1, 0.15) is 0 Å². The molecule has 0 spiro atoms. The van der Waals surface area contributed by atoms with Crippen LogP contribution in [0.1, 0.15) is 52.9 Å². The van der Waals surface area contributed by atoms with Gasteiger partial charge in [0, 0.05) is 18.1 Å². The number of nitrogens with zero attached hydrogens (tertiary/aromatic N) is 1. The summed E-state index contributed by atoms with van der Waals surface area (Å²) in [5, 5.41) is 3.71. The second kappa shape index (κ2) is 5.05. The summed E-state index contributed by atoms with van der Waals surface area (Å²) in [6.07, 6.45) is 6.90. The molecule has 2 saturated heterocycles. The average molecular weight is 224 g/mol. The lowest BCUT2D eigenvalue weighted by Crippen LogP contribution is -2.49. The fraction of sp³-hybridized carbons (Fsp3) is 1.00. The van der Waals surface area contributed by atoms with E-state index in [2.05, 4.69) is 31.0 Å². The minimum Gasteiger partial charge on any atom is -0.313 e. The third kappa shape index (κ3) is 2.78. The van der Waals surface area contributed by atoms with Gasteiger partial charge in [0.2, 0.25) is 0 Å². The zero-order chi connectivity index (χ0) is 11.6. The summed E-state index contributed by atoms with van der Waals surface area (Å²) in [6.45, 7) is 11.0. The largest absolute Gasteiger partial charge is 0.313 e. The molecule has 2 nitrogen and oxygen atoms in total. The SMILES string of the molecule is CCC1CCNC(CN2CCCC2(C)C)C1. The summed E-state index contributed by atoms with van der Waals surface area (Å²) < 4.78 is 0. The maximum absolute atomic E-state index is 3.71. The van der Waals surface area contributed by atoms with Crippen LogP contribution in [0.25, 0.3) is 0 Å². The molecule has 2 heteroatoms. The second-order valence-electron chi connectivity index (χ2n) is 6.31. The molecule has 2 unspecified atom stereocenters. The first-order valence-corrected chi connectivity index (χ1v) is 7.10. The van der Waals surface area contributed by atoms with E-state index < -0.39 is 0 Å². The Morgan fingerprint density at radius 2 is 2.19 bits per heavy atom. The van der Waals surface area contributed by atoms with E-state index in [-0.39, 0.29) is 0 Å². The van der Waals surface area contributed by atoms with Crippen LogP contribution in [0.4, 0.5) is 0 Å². The highest BCUT2D eigenvalue weighted by atomic mass is 15.2. The molecule has 1 N–H and O–H groups in total. The number of hydrogen-bond acceptors (Lipinski definition) is 2. The van der Waals surface area contributed by atoms with Crippen molar-refractivity contribution in [3.05, 3.63) is 0 Å². The molecular formula is C14H28N2. The molecule has 0 aromatic rings. The quantitative estimate of drug-likeness (QED) is 0.793. The van der Waals surface area contributed by atoms with Gasteiger partial charge in [-0.3, -0.25) is 4.90 Å². The van der Waals surface area contributed by atoms with Gasteiger partial charge in [0.25, 0.3) is 0 Å². The van der Waals surface area contributed by atoms with Crippen LogP contribution in [0.5, 0.6) is 0 Å². The van der Waals surface area contributed by atoms with Crippen molar-refractivity contribution in [1.82, 2.24) is 10.2 Å². The van der Waals surface area contributed by atoms with Crippen molar-refractivity contribution in [2.75, 3.05) is 19.6 Å². The molecule has 0 radical (unpaired) electrons. The minimum absolute atomic E-state index is 0.445. The third-order valence-corrected chi connectivity index (χ3v) is 4.69. The Bertz CT molecular complexity index is 225. The first kappa shape index (κ1) is 12.4. The standard InChI is InChI=1S/C14H28N2/c1-4-12-6-8-15-13(10-12)11-16-9-5-7-14(16,2)3/h12-13,15H,4-11H2,1-3H3. The van der Waals surface area contributed by atoms with Gasteiger partial charge in [-0.1, -0.05) is 13.3 Å². The van der Waals surface area contributed by atoms with Gasteiger partial charge in [-0.15, -0.1) is 0 Å². The lowest BCUT2D eigenvalue weighted by Gasteiger charge is -2.38. The predicted molar refractivity (Wildman–Crippen MR) is 69.7 cm³/mol. The van der Waals surface area contributed by atoms with Crippen LogP contribution < -0.4 is 5.32 Å². The molecule has 16 heavy (non-hydrogen) atoms. The molecule has 0 amide bonds. The third-order valence-electron chi connectivity index (χ3n) is 4.69. The number of nitrogens with one attached hydrogen (secondary N) is 1. The van der Waals surface area contributed by atoms with Gasteiger partial charge >= 0.3 is 0 Å². The molecule has 0 aromatic heterocycles. The van der Waals surface area contributed by atoms with E-state index in [1.807, 2.05) is 0 Å². The summed E-state index contributed by atoms with van der Waals surface area (Å²) in [7, 11) is 0. The Morgan fingerprint density at radius 3 is 2.81 bits per heavy atom. The summed E-state index contributed by atoms with van der Waals surface area (Å²) in [5.41, 5.74) is 0.445. The van der Waals surface area contributed by atoms with Crippen molar-refractivity contribution >= 4 is 0 Å². The van der Waals surface area contributed by atoms with Crippen LogP contribution in [0.2, 0.25) is 0 Å². The average Bonchev–Trinajstić information content (AvgIpc) is 2.59. The molecule has 0 aliphatic carbocycles. The van der Waals surface area contributed by atoms with E-state index in [0.717, 1.165) is 12.0 Å². The van der Waals surface area contributed by atoms with Gasteiger partial charge in [0.05, 0.1) is 0 Å². The van der Waals surface area contributed by atoms with Gasteiger partial charge < -0.3 is 5.32 Å². The van der Waals surface area contributed by atoms with E-state index >= 15 is 0 Å². The van der Waals surface area contributed by atoms with Crippen LogP contribution in [0, 0.1) is 5.92 Å². The predicted octanol–water partition coefficient (Wildman–Crippen LogP) is 2.64. The van der Waals surface area contributed by atoms with Crippen LogP contribution in [-0.4, -0.2) is 36.1 Å². The number of likely N-dealkylation sites (tertiary alicyclic amines) is 1. The Kier molecular flexibility index (Phi) is 3.91. The van der Waals surface area contributed by atoms with Crippen molar-refractivity contribution in [2.24, 2.45) is 5.92 Å². The van der Waals surface area contributed by atoms with Gasteiger partial charge in [-0.05, 0) is 58.5 Å². The van der Waals surface area contributed by atoms with Gasteiger partial charge in [0.15, 0.2) is 0 Å². The van der Waals surface area contributed by atoms with Gasteiger partial charge in [-0.25, -0.2) is 0 Å². The van der Waals surface area contributed by atoms with E-state index in [1.165, 1.54) is 51.7 Å². The molecule has 94 valence electrons. The summed E-state index contributed by atoms with van der Waals surface area (Å²) >= 11 is 0. The smallest absolute Gasteiger partial charge is 0.0197 e. The van der Waals surface area contributed by atoms with Gasteiger partial charge in [-0.2, -0.15) is 0 Å². The van der Waals surface area contributed by atoms with E-state index in [4.69, 9.17) is 0 Å². The lowest BCUT2D eigenvalue weighted by molar-refractivity contribution is 0.137. The zero-order valence-corrected chi connectivity index (χ0v) is 11.3. The highest BCUT2D eigenvalue weighted by Crippen LogP contribution is 2.29. The summed E-state index contributed by atoms with van der Waals surface area (Å²) in [5.74, 6) is 0.969. The molecule has 2 aliphatic rings. The topological polar surface area (TPSA) is 15.3 Å². The number of rotatable bonds is 3. The van der Waals surface area contributed by atoms with Crippen LogP contribution >= 0.6 is 0 Å². The van der Waals surface area contributed by atoms with E-state index in [1.54, 1.807) is 0 Å². The summed E-state index contributed by atoms with van der Waals surface area (Å²) in [4.78, 5) is 2.70. The molecular weight excluding hydrogens is 196 g/mol. The molecule has 0 saturated carbocycles. The molecule has 2 aliphatic heterocycles. The second-order valence-corrected chi connectivity index (χ2v) is 6.31. The molecule has 2 rings (SSSR count). The first-order valence-electron chi connectivity index (χ1n) is 7.10. The maximum atomic E-state index is 3.71. The number of piperidine rings is 1. The van der Waals surface area contributed by atoms with E-state index in [0.29, 0.717) is 5.54 Å². The molecule has 0 aromatic carbocycles. The van der Waals surface area contributed by atoms with Crippen molar-refractivity contribution in [3.8, 4) is 0 Å². The Labute approximate surface area is 101 Å². The fourth-order valence-electron chi connectivity index (χ4n) is 3.37. The zero-order valence-electron chi connectivity index (χ0n) is 11.3. The Morgan fingerprint density at radius 1 is 1.38 bits per heavy atom. The first-order chi connectivity index (χ1) is 7.62. The molecule has 0 bridgehead atoms. The van der Waals surface area contributed by atoms with E-state index in [9.17, 15) is 0 Å². The molecule has 2 atom stereocenters. The molecule has 2 heterocycles. The highest BCUT2D eigenvalue weighted by molar-refractivity contribution is 4.91. The normalized spacial score (nSPS) is 35.4. The van der Waals surface area contributed by atoms with Crippen LogP contribution in [-0.2, 0) is 0 Å². The minimum atomic E-state index is 0.445. The lowest BCUT2D eigenvalue weighted by atomic mass is 9.89. The highest BCUT2D eigenvalue weighted by Gasteiger charge is 2.34. The Balaban J connectivity index is 1.84. The monoisotopic (exact) mass is 224 g/mol. The summed E-state index contributed by atoms with van der Waals surface area (Å²) in [6, 6.07) is 0.746.